The highest BCUT2D eigenvalue weighted by Crippen LogP contribution is 2.22. The molecule has 4 heteroatoms. The molecule has 0 aliphatic carbocycles. The molecule has 0 fully saturated rings. The van der Waals surface area contributed by atoms with Gasteiger partial charge < -0.3 is 4.74 Å². The Bertz CT molecular complexity index is 538. The number of hydrogen-bond donors (Lipinski definition) is 1. The first-order valence-electron chi connectivity index (χ1n) is 5.47. The Morgan fingerprint density at radius 2 is 1.72 bits per heavy atom. The van der Waals surface area contributed by atoms with Crippen molar-refractivity contribution < 1.29 is 14.7 Å². The van der Waals surface area contributed by atoms with Gasteiger partial charge in [0.15, 0.2) is 0 Å². The van der Waals surface area contributed by atoms with Crippen LogP contribution in [0.15, 0.2) is 54.6 Å². The number of amides is 1. The summed E-state index contributed by atoms with van der Waals surface area (Å²) >= 11 is 0. The molecule has 2 aromatic carbocycles. The van der Waals surface area contributed by atoms with E-state index < -0.39 is 5.91 Å². The molecular weight excluding hydrogens is 230 g/mol. The van der Waals surface area contributed by atoms with Crippen molar-refractivity contribution in [3.05, 3.63) is 60.2 Å². The molecule has 1 N–H and O–H groups in total. The van der Waals surface area contributed by atoms with E-state index in [9.17, 15) is 4.79 Å². The standard InChI is InChI=1S/C14H13NO3/c1-15(17)14(16)11-6-5-9-13(10-11)18-12-7-3-2-4-8-12/h2-10,17H,1H3. The second-order valence-corrected chi connectivity index (χ2v) is 3.77. The molecular formula is C14H13NO3. The molecule has 0 saturated heterocycles. The van der Waals surface area contributed by atoms with Crippen molar-refractivity contribution in [2.24, 2.45) is 0 Å². The minimum Gasteiger partial charge on any atom is -0.457 e. The highest BCUT2D eigenvalue weighted by Gasteiger charge is 2.10. The predicted molar refractivity (Wildman–Crippen MR) is 66.8 cm³/mol. The predicted octanol–water partition coefficient (Wildman–Crippen LogP) is 2.94. The molecule has 2 rings (SSSR count). The number of ether oxygens (including phenoxy) is 1. The number of hydroxylamine groups is 2. The number of hydrogen-bond acceptors (Lipinski definition) is 3. The summed E-state index contributed by atoms with van der Waals surface area (Å²) in [4.78, 5) is 11.6. The van der Waals surface area contributed by atoms with Crippen molar-refractivity contribution in [2.45, 2.75) is 0 Å². The second kappa shape index (κ2) is 5.33. The van der Waals surface area contributed by atoms with Crippen LogP contribution in [-0.4, -0.2) is 23.2 Å². The summed E-state index contributed by atoms with van der Waals surface area (Å²) in [6.45, 7) is 0. The molecule has 0 unspecified atom stereocenters. The SMILES string of the molecule is CN(O)C(=O)c1cccc(Oc2ccccc2)c1. The first-order valence-corrected chi connectivity index (χ1v) is 5.47. The lowest BCUT2D eigenvalue weighted by molar-refractivity contribution is -0.0375. The molecule has 4 nitrogen and oxygen atoms in total. The number of benzene rings is 2. The monoisotopic (exact) mass is 243 g/mol. The summed E-state index contributed by atoms with van der Waals surface area (Å²) < 4.78 is 5.60. The fourth-order valence-corrected chi connectivity index (χ4v) is 1.50. The largest absolute Gasteiger partial charge is 0.457 e. The smallest absolute Gasteiger partial charge is 0.277 e. The summed E-state index contributed by atoms with van der Waals surface area (Å²) in [5.74, 6) is 0.766. The fourth-order valence-electron chi connectivity index (χ4n) is 1.50. The third-order valence-corrected chi connectivity index (χ3v) is 2.35. The van der Waals surface area contributed by atoms with Crippen LogP contribution in [0, 0.1) is 0 Å². The van der Waals surface area contributed by atoms with Gasteiger partial charge in [-0.15, -0.1) is 0 Å². The normalized spacial score (nSPS) is 9.89. The molecule has 0 aromatic heterocycles. The van der Waals surface area contributed by atoms with Gasteiger partial charge in [-0.05, 0) is 30.3 Å². The van der Waals surface area contributed by atoms with Crippen LogP contribution in [-0.2, 0) is 0 Å². The Balaban J connectivity index is 2.20. The molecule has 18 heavy (non-hydrogen) atoms. The number of carbonyl (C=O) groups excluding carboxylic acids is 1. The van der Waals surface area contributed by atoms with Gasteiger partial charge in [0.25, 0.3) is 5.91 Å². The van der Waals surface area contributed by atoms with Crippen molar-refractivity contribution >= 4 is 5.91 Å². The average molecular weight is 243 g/mol. The van der Waals surface area contributed by atoms with Gasteiger partial charge in [0, 0.05) is 12.6 Å². The Hall–Kier alpha value is -2.33. The lowest BCUT2D eigenvalue weighted by Gasteiger charge is -2.10. The first kappa shape index (κ1) is 12.1. The van der Waals surface area contributed by atoms with Gasteiger partial charge in [-0.2, -0.15) is 0 Å². The summed E-state index contributed by atoms with van der Waals surface area (Å²) in [6, 6.07) is 15.9. The molecule has 0 aliphatic rings. The van der Waals surface area contributed by atoms with Crippen molar-refractivity contribution in [2.75, 3.05) is 7.05 Å². The maximum Gasteiger partial charge on any atom is 0.277 e. The van der Waals surface area contributed by atoms with E-state index in [0.717, 1.165) is 0 Å². The summed E-state index contributed by atoms with van der Waals surface area (Å²) in [6.07, 6.45) is 0. The molecule has 0 radical (unpaired) electrons. The van der Waals surface area contributed by atoms with E-state index in [1.54, 1.807) is 24.3 Å². The van der Waals surface area contributed by atoms with Crippen molar-refractivity contribution in [1.29, 1.82) is 0 Å². The zero-order chi connectivity index (χ0) is 13.0. The molecule has 0 heterocycles. The van der Waals surface area contributed by atoms with Gasteiger partial charge in [-0.25, -0.2) is 5.06 Å². The van der Waals surface area contributed by atoms with E-state index >= 15 is 0 Å². The number of para-hydroxylation sites is 1. The van der Waals surface area contributed by atoms with Crippen LogP contribution in [0.2, 0.25) is 0 Å². The molecule has 0 bridgehead atoms. The highest BCUT2D eigenvalue weighted by atomic mass is 16.5. The minimum absolute atomic E-state index is 0.369. The van der Waals surface area contributed by atoms with Gasteiger partial charge in [0.1, 0.15) is 11.5 Å². The van der Waals surface area contributed by atoms with E-state index in [0.29, 0.717) is 22.1 Å². The number of carbonyl (C=O) groups is 1. The van der Waals surface area contributed by atoms with Gasteiger partial charge in [0.05, 0.1) is 0 Å². The third-order valence-electron chi connectivity index (χ3n) is 2.35. The molecule has 92 valence electrons. The molecule has 0 atom stereocenters. The quantitative estimate of drug-likeness (QED) is 0.666. The molecule has 2 aromatic rings. The van der Waals surface area contributed by atoms with Gasteiger partial charge in [-0.1, -0.05) is 24.3 Å². The van der Waals surface area contributed by atoms with E-state index in [2.05, 4.69) is 0 Å². The molecule has 0 saturated carbocycles. The highest BCUT2D eigenvalue weighted by molar-refractivity contribution is 5.93. The van der Waals surface area contributed by atoms with Crippen LogP contribution in [0.1, 0.15) is 10.4 Å². The lowest BCUT2D eigenvalue weighted by Crippen LogP contribution is -2.22. The zero-order valence-electron chi connectivity index (χ0n) is 9.91. The van der Waals surface area contributed by atoms with Gasteiger partial charge >= 0.3 is 0 Å². The second-order valence-electron chi connectivity index (χ2n) is 3.77. The molecule has 1 amide bonds. The molecule has 0 spiro atoms. The maximum absolute atomic E-state index is 11.6. The van der Waals surface area contributed by atoms with Crippen LogP contribution in [0.5, 0.6) is 11.5 Å². The van der Waals surface area contributed by atoms with Crippen LogP contribution in [0.4, 0.5) is 0 Å². The van der Waals surface area contributed by atoms with E-state index in [4.69, 9.17) is 9.94 Å². The Morgan fingerprint density at radius 3 is 2.39 bits per heavy atom. The minimum atomic E-state index is -0.478. The Kier molecular flexibility index (Phi) is 3.60. The van der Waals surface area contributed by atoms with Crippen LogP contribution >= 0.6 is 0 Å². The van der Waals surface area contributed by atoms with Crippen LogP contribution < -0.4 is 4.74 Å². The van der Waals surface area contributed by atoms with E-state index in [1.807, 2.05) is 30.3 Å². The maximum atomic E-state index is 11.6. The van der Waals surface area contributed by atoms with Crippen molar-refractivity contribution in [3.63, 3.8) is 0 Å². The molecule has 0 aliphatic heterocycles. The van der Waals surface area contributed by atoms with Crippen LogP contribution in [0.3, 0.4) is 0 Å². The summed E-state index contributed by atoms with van der Waals surface area (Å²) in [7, 11) is 1.28. The summed E-state index contributed by atoms with van der Waals surface area (Å²) in [5.41, 5.74) is 0.369. The van der Waals surface area contributed by atoms with E-state index in [1.165, 1.54) is 7.05 Å². The summed E-state index contributed by atoms with van der Waals surface area (Å²) in [5, 5.41) is 9.64. The first-order chi connectivity index (χ1) is 8.66. The number of nitrogens with zero attached hydrogens (tertiary/aromatic N) is 1. The average Bonchev–Trinajstić information content (AvgIpc) is 2.39. The number of rotatable bonds is 3. The Morgan fingerprint density at radius 1 is 1.06 bits per heavy atom. The lowest BCUT2D eigenvalue weighted by atomic mass is 10.2. The fraction of sp³-hybridized carbons (Fsp3) is 0.0714. The van der Waals surface area contributed by atoms with Crippen molar-refractivity contribution in [3.8, 4) is 11.5 Å². The third kappa shape index (κ3) is 2.87. The van der Waals surface area contributed by atoms with Gasteiger partial charge in [0.2, 0.25) is 0 Å². The van der Waals surface area contributed by atoms with E-state index in [-0.39, 0.29) is 0 Å². The van der Waals surface area contributed by atoms with Gasteiger partial charge in [-0.3, -0.25) is 10.0 Å². The van der Waals surface area contributed by atoms with Crippen LogP contribution in [0.25, 0.3) is 0 Å². The topological polar surface area (TPSA) is 49.8 Å². The zero-order valence-corrected chi connectivity index (χ0v) is 9.91. The Labute approximate surface area is 105 Å². The van der Waals surface area contributed by atoms with Crippen molar-refractivity contribution in [1.82, 2.24) is 5.06 Å².